The van der Waals surface area contributed by atoms with Crippen LogP contribution in [0, 0.1) is 0 Å². The van der Waals surface area contributed by atoms with Crippen LogP contribution in [0.1, 0.15) is 6.92 Å². The van der Waals surface area contributed by atoms with Crippen LogP contribution in [-0.2, 0) is 4.79 Å². The minimum Gasteiger partial charge on any atom is -0.353 e. The van der Waals surface area contributed by atoms with Crippen molar-refractivity contribution in [3.63, 3.8) is 0 Å². The van der Waals surface area contributed by atoms with E-state index in [1.54, 1.807) is 0 Å². The fourth-order valence-corrected chi connectivity index (χ4v) is 0.669. The minimum absolute atomic E-state index is 0. The number of carbonyl (C=O) groups is 1. The van der Waals surface area contributed by atoms with Crippen LogP contribution in [0.4, 0.5) is 0 Å². The Morgan fingerprint density at radius 2 is 2.33 bits per heavy atom. The molecule has 0 spiro atoms. The van der Waals surface area contributed by atoms with Gasteiger partial charge in [0.15, 0.2) is 0 Å². The number of piperazine rings is 1. The summed E-state index contributed by atoms with van der Waals surface area (Å²) in [6.45, 7) is 3.28. The van der Waals surface area contributed by atoms with Gasteiger partial charge in [-0.2, -0.15) is 0 Å². The molecule has 1 atom stereocenters. The molecule has 9 heavy (non-hydrogen) atoms. The Labute approximate surface area is 60.6 Å². The van der Waals surface area contributed by atoms with Crippen molar-refractivity contribution >= 4 is 18.3 Å². The van der Waals surface area contributed by atoms with E-state index in [0.717, 1.165) is 6.54 Å². The van der Waals surface area contributed by atoms with E-state index >= 15 is 0 Å². The van der Waals surface area contributed by atoms with E-state index in [1.807, 2.05) is 6.92 Å². The summed E-state index contributed by atoms with van der Waals surface area (Å²) in [4.78, 5) is 10.4. The first kappa shape index (κ1) is 8.72. The molecule has 0 aromatic carbocycles. The number of amides is 1. The number of hydrogen-bond donors (Lipinski definition) is 2. The molecule has 1 aliphatic heterocycles. The average molecular weight is 151 g/mol. The van der Waals surface area contributed by atoms with Gasteiger partial charge in [-0.1, -0.05) is 0 Å². The molecule has 0 saturated carbocycles. The Kier molecular flexibility index (Phi) is 3.58. The predicted molar refractivity (Wildman–Crippen MR) is 37.7 cm³/mol. The molecule has 54 valence electrons. The third-order valence-electron chi connectivity index (χ3n) is 1.22. The molecule has 1 unspecified atom stereocenters. The van der Waals surface area contributed by atoms with E-state index in [1.165, 1.54) is 0 Å². The van der Waals surface area contributed by atoms with E-state index in [0.29, 0.717) is 12.6 Å². The van der Waals surface area contributed by atoms with Crippen molar-refractivity contribution in [2.45, 2.75) is 13.0 Å². The lowest BCUT2D eigenvalue weighted by Crippen LogP contribution is -2.50. The first-order valence-corrected chi connectivity index (χ1v) is 2.79. The molecule has 0 bridgehead atoms. The van der Waals surface area contributed by atoms with Crippen LogP contribution in [0.2, 0.25) is 0 Å². The number of halogens is 1. The molecule has 1 aliphatic rings. The first-order chi connectivity index (χ1) is 3.79. The highest BCUT2D eigenvalue weighted by molar-refractivity contribution is 5.85. The number of rotatable bonds is 0. The smallest absolute Gasteiger partial charge is 0.234 e. The van der Waals surface area contributed by atoms with Crippen molar-refractivity contribution in [2.24, 2.45) is 0 Å². The second-order valence-corrected chi connectivity index (χ2v) is 2.09. The van der Waals surface area contributed by atoms with Crippen LogP contribution in [0.25, 0.3) is 0 Å². The Bertz CT molecular complexity index is 97.1. The monoisotopic (exact) mass is 150 g/mol. The van der Waals surface area contributed by atoms with Gasteiger partial charge in [0.1, 0.15) is 0 Å². The Morgan fingerprint density at radius 1 is 1.67 bits per heavy atom. The van der Waals surface area contributed by atoms with E-state index in [4.69, 9.17) is 0 Å². The van der Waals surface area contributed by atoms with Crippen molar-refractivity contribution < 1.29 is 4.79 Å². The van der Waals surface area contributed by atoms with Gasteiger partial charge in [0, 0.05) is 12.6 Å². The molecular formula is C5H11ClN2O. The standard InChI is InChI=1S/C5H10N2O.ClH/c1-4-2-7-5(8)3-6-4;/h4,6H,2-3H2,1H3,(H,7,8);1H. The van der Waals surface area contributed by atoms with Gasteiger partial charge >= 0.3 is 0 Å². The van der Waals surface area contributed by atoms with E-state index in [2.05, 4.69) is 10.6 Å². The van der Waals surface area contributed by atoms with Gasteiger partial charge in [-0.3, -0.25) is 4.79 Å². The summed E-state index contributed by atoms with van der Waals surface area (Å²) in [6, 6.07) is 0.438. The van der Waals surface area contributed by atoms with Crippen LogP contribution in [-0.4, -0.2) is 25.0 Å². The van der Waals surface area contributed by atoms with Gasteiger partial charge in [0.2, 0.25) is 5.91 Å². The van der Waals surface area contributed by atoms with Gasteiger partial charge in [-0.25, -0.2) is 0 Å². The molecule has 0 aliphatic carbocycles. The Balaban J connectivity index is 0.000000640. The molecule has 1 amide bonds. The molecule has 0 aromatic rings. The normalized spacial score (nSPS) is 26.3. The summed E-state index contributed by atoms with van der Waals surface area (Å²) < 4.78 is 0. The molecule has 1 saturated heterocycles. The molecule has 2 N–H and O–H groups in total. The zero-order chi connectivity index (χ0) is 5.98. The van der Waals surface area contributed by atoms with Gasteiger partial charge in [0.25, 0.3) is 0 Å². The van der Waals surface area contributed by atoms with Crippen LogP contribution in [0.15, 0.2) is 0 Å². The lowest BCUT2D eigenvalue weighted by atomic mass is 10.3. The van der Waals surface area contributed by atoms with E-state index in [9.17, 15) is 4.79 Å². The molecular weight excluding hydrogens is 140 g/mol. The van der Waals surface area contributed by atoms with E-state index in [-0.39, 0.29) is 18.3 Å². The molecule has 3 nitrogen and oxygen atoms in total. The maximum atomic E-state index is 10.4. The van der Waals surface area contributed by atoms with E-state index < -0.39 is 0 Å². The van der Waals surface area contributed by atoms with Gasteiger partial charge in [0.05, 0.1) is 6.54 Å². The predicted octanol–water partition coefficient (Wildman–Crippen LogP) is -0.484. The fourth-order valence-electron chi connectivity index (χ4n) is 0.669. The molecule has 1 rings (SSSR count). The van der Waals surface area contributed by atoms with Crippen molar-refractivity contribution in [1.82, 2.24) is 10.6 Å². The molecule has 0 aromatic heterocycles. The third-order valence-corrected chi connectivity index (χ3v) is 1.22. The van der Waals surface area contributed by atoms with Crippen LogP contribution in [0.3, 0.4) is 0 Å². The second-order valence-electron chi connectivity index (χ2n) is 2.09. The van der Waals surface area contributed by atoms with Gasteiger partial charge in [-0.05, 0) is 6.92 Å². The number of nitrogens with one attached hydrogen (secondary N) is 2. The van der Waals surface area contributed by atoms with Gasteiger partial charge in [-0.15, -0.1) is 12.4 Å². The highest BCUT2D eigenvalue weighted by atomic mass is 35.5. The first-order valence-electron chi connectivity index (χ1n) is 2.79. The van der Waals surface area contributed by atoms with Crippen molar-refractivity contribution in [3.8, 4) is 0 Å². The largest absolute Gasteiger partial charge is 0.353 e. The number of carbonyl (C=O) groups excluding carboxylic acids is 1. The zero-order valence-electron chi connectivity index (χ0n) is 5.31. The number of hydrogen-bond acceptors (Lipinski definition) is 2. The molecule has 4 heteroatoms. The summed E-state index contributed by atoms with van der Waals surface area (Å²) in [7, 11) is 0. The van der Waals surface area contributed by atoms with Crippen LogP contribution >= 0.6 is 12.4 Å². The molecule has 1 fully saturated rings. The zero-order valence-corrected chi connectivity index (χ0v) is 6.12. The quantitative estimate of drug-likeness (QED) is 0.490. The maximum Gasteiger partial charge on any atom is 0.234 e. The lowest BCUT2D eigenvalue weighted by molar-refractivity contribution is -0.121. The van der Waals surface area contributed by atoms with Crippen molar-refractivity contribution in [2.75, 3.05) is 13.1 Å². The lowest BCUT2D eigenvalue weighted by Gasteiger charge is -2.19. The summed E-state index contributed by atoms with van der Waals surface area (Å²) in [5.41, 5.74) is 0. The fraction of sp³-hybridized carbons (Fsp3) is 0.800. The van der Waals surface area contributed by atoms with Crippen LogP contribution in [0.5, 0.6) is 0 Å². The van der Waals surface area contributed by atoms with Crippen molar-refractivity contribution in [1.29, 1.82) is 0 Å². The topological polar surface area (TPSA) is 41.1 Å². The minimum atomic E-state index is 0. The maximum absolute atomic E-state index is 10.4. The Hall–Kier alpha value is -0.280. The van der Waals surface area contributed by atoms with Gasteiger partial charge < -0.3 is 10.6 Å². The Morgan fingerprint density at radius 3 is 2.67 bits per heavy atom. The SMILES string of the molecule is CC1CNC(=O)CN1.Cl. The molecule has 0 radical (unpaired) electrons. The average Bonchev–Trinajstić information content (AvgIpc) is 1.77. The highest BCUT2D eigenvalue weighted by Gasteiger charge is 2.10. The van der Waals surface area contributed by atoms with Crippen LogP contribution < -0.4 is 10.6 Å². The second kappa shape index (κ2) is 3.69. The third kappa shape index (κ3) is 2.67. The molecule has 1 heterocycles. The van der Waals surface area contributed by atoms with Crippen molar-refractivity contribution in [3.05, 3.63) is 0 Å². The summed E-state index contributed by atoms with van der Waals surface area (Å²) >= 11 is 0. The summed E-state index contributed by atoms with van der Waals surface area (Å²) in [6.07, 6.45) is 0. The highest BCUT2D eigenvalue weighted by Crippen LogP contribution is 1.82. The summed E-state index contributed by atoms with van der Waals surface area (Å²) in [5, 5.41) is 5.75. The summed E-state index contributed by atoms with van der Waals surface area (Å²) in [5.74, 6) is 0.100.